The van der Waals surface area contributed by atoms with E-state index in [-0.39, 0.29) is 23.8 Å². The highest BCUT2D eigenvalue weighted by molar-refractivity contribution is 5.79. The maximum atomic E-state index is 13.3. The number of ether oxygens (including phenoxy) is 2. The van der Waals surface area contributed by atoms with Crippen LogP contribution in [0, 0.1) is 17.8 Å². The SMILES string of the molecule is COCCCCC(O)(c1ccccc1OCC1CC1)C1CCCN(C(=O)[C@H]2C[C@@H](N)[C@H](O)C2)C1. The van der Waals surface area contributed by atoms with Crippen LogP contribution in [0.5, 0.6) is 5.75 Å². The number of hydrogen-bond donors (Lipinski definition) is 3. The van der Waals surface area contributed by atoms with E-state index in [4.69, 9.17) is 15.2 Å². The molecule has 190 valence electrons. The molecule has 1 heterocycles. The van der Waals surface area contributed by atoms with Crippen LogP contribution in [0.25, 0.3) is 0 Å². The second-order valence-electron chi connectivity index (χ2n) is 10.6. The molecule has 1 aromatic carbocycles. The molecule has 0 bridgehead atoms. The molecule has 4 N–H and O–H groups in total. The number of hydrogen-bond acceptors (Lipinski definition) is 6. The molecule has 2 aliphatic carbocycles. The number of likely N-dealkylation sites (tertiary alicyclic amines) is 1. The first-order valence-corrected chi connectivity index (χ1v) is 13.1. The summed E-state index contributed by atoms with van der Waals surface area (Å²) in [6, 6.07) is 7.55. The van der Waals surface area contributed by atoms with E-state index in [9.17, 15) is 15.0 Å². The number of rotatable bonds is 11. The summed E-state index contributed by atoms with van der Waals surface area (Å²) in [5.74, 6) is 1.14. The van der Waals surface area contributed by atoms with Gasteiger partial charge in [-0.25, -0.2) is 0 Å². The lowest BCUT2D eigenvalue weighted by atomic mass is 9.73. The van der Waals surface area contributed by atoms with Crippen LogP contribution in [0.3, 0.4) is 0 Å². The van der Waals surface area contributed by atoms with Gasteiger partial charge in [-0.3, -0.25) is 4.79 Å². The van der Waals surface area contributed by atoms with Gasteiger partial charge in [-0.1, -0.05) is 18.2 Å². The Kier molecular flexibility index (Phi) is 8.51. The van der Waals surface area contributed by atoms with E-state index in [0.717, 1.165) is 37.0 Å². The van der Waals surface area contributed by atoms with E-state index >= 15 is 0 Å². The lowest BCUT2D eigenvalue weighted by Crippen LogP contribution is -2.49. The number of methoxy groups -OCH3 is 1. The van der Waals surface area contributed by atoms with E-state index in [0.29, 0.717) is 51.5 Å². The minimum absolute atomic E-state index is 0.0664. The van der Waals surface area contributed by atoms with Gasteiger partial charge < -0.3 is 30.3 Å². The molecule has 1 aliphatic heterocycles. The third-order valence-electron chi connectivity index (χ3n) is 8.02. The van der Waals surface area contributed by atoms with Crippen molar-refractivity contribution in [1.82, 2.24) is 4.90 Å². The van der Waals surface area contributed by atoms with Gasteiger partial charge in [0, 0.05) is 50.2 Å². The van der Waals surface area contributed by atoms with Crippen LogP contribution >= 0.6 is 0 Å². The van der Waals surface area contributed by atoms with Crippen LogP contribution in [0.1, 0.15) is 63.4 Å². The van der Waals surface area contributed by atoms with Gasteiger partial charge >= 0.3 is 0 Å². The lowest BCUT2D eigenvalue weighted by molar-refractivity contribution is -0.141. The number of nitrogens with zero attached hydrogens (tertiary/aromatic N) is 1. The zero-order chi connectivity index (χ0) is 24.1. The highest BCUT2D eigenvalue weighted by Crippen LogP contribution is 2.44. The van der Waals surface area contributed by atoms with Crippen molar-refractivity contribution in [3.05, 3.63) is 29.8 Å². The predicted octanol–water partition coefficient (Wildman–Crippen LogP) is 2.82. The van der Waals surface area contributed by atoms with Crippen molar-refractivity contribution in [2.24, 2.45) is 23.5 Å². The quantitative estimate of drug-likeness (QED) is 0.426. The molecule has 7 heteroatoms. The monoisotopic (exact) mass is 474 g/mol. The minimum Gasteiger partial charge on any atom is -0.493 e. The van der Waals surface area contributed by atoms with Gasteiger partial charge in [0.2, 0.25) is 5.91 Å². The number of carbonyl (C=O) groups excluding carboxylic acids is 1. The van der Waals surface area contributed by atoms with Crippen LogP contribution in [-0.2, 0) is 15.1 Å². The third-order valence-corrected chi connectivity index (χ3v) is 8.02. The summed E-state index contributed by atoms with van der Waals surface area (Å²) in [4.78, 5) is 15.2. The molecule has 3 fully saturated rings. The van der Waals surface area contributed by atoms with Crippen molar-refractivity contribution in [3.63, 3.8) is 0 Å². The summed E-state index contributed by atoms with van der Waals surface area (Å²) in [5.41, 5.74) is 5.73. The number of para-hydroxylation sites is 1. The van der Waals surface area contributed by atoms with E-state index in [1.807, 2.05) is 29.2 Å². The van der Waals surface area contributed by atoms with Crippen LogP contribution in [0.2, 0.25) is 0 Å². The fourth-order valence-electron chi connectivity index (χ4n) is 5.72. The summed E-state index contributed by atoms with van der Waals surface area (Å²) in [7, 11) is 1.70. The number of piperidine rings is 1. The Balaban J connectivity index is 1.53. The second kappa shape index (κ2) is 11.4. The molecule has 2 saturated carbocycles. The average molecular weight is 475 g/mol. The van der Waals surface area contributed by atoms with Crippen LogP contribution < -0.4 is 10.5 Å². The number of aliphatic hydroxyl groups is 2. The molecular formula is C27H42N2O5. The highest BCUT2D eigenvalue weighted by atomic mass is 16.5. The van der Waals surface area contributed by atoms with Crippen LogP contribution in [-0.4, -0.2) is 66.6 Å². The summed E-state index contributed by atoms with van der Waals surface area (Å²) >= 11 is 0. The van der Waals surface area contributed by atoms with Gasteiger partial charge in [-0.2, -0.15) is 0 Å². The number of aliphatic hydroxyl groups excluding tert-OH is 1. The molecule has 0 aromatic heterocycles. The van der Waals surface area contributed by atoms with Crippen LogP contribution in [0.15, 0.2) is 24.3 Å². The maximum absolute atomic E-state index is 13.3. The molecule has 4 rings (SSSR count). The Bertz CT molecular complexity index is 806. The maximum Gasteiger partial charge on any atom is 0.225 e. The number of amides is 1. The van der Waals surface area contributed by atoms with Gasteiger partial charge in [0.25, 0.3) is 0 Å². The largest absolute Gasteiger partial charge is 0.493 e. The van der Waals surface area contributed by atoms with Gasteiger partial charge in [-0.05, 0) is 69.8 Å². The normalized spacial score (nSPS) is 29.1. The number of carbonyl (C=O) groups is 1. The predicted molar refractivity (Wildman–Crippen MR) is 130 cm³/mol. The fraction of sp³-hybridized carbons (Fsp3) is 0.741. The van der Waals surface area contributed by atoms with Gasteiger partial charge in [-0.15, -0.1) is 0 Å². The standard InChI is InChI=1S/C27H42N2O5/c1-33-14-5-4-12-27(32,22-8-2-3-9-25(22)34-18-19-10-11-19)21-7-6-13-29(17-21)26(31)20-15-23(28)24(30)16-20/h2-3,8-9,19-21,23-24,30,32H,4-7,10-18,28H2,1H3/t20-,21?,23+,24+,27?/m0/s1. The molecule has 5 atom stereocenters. The topological polar surface area (TPSA) is 105 Å². The Morgan fingerprint density at radius 3 is 2.71 bits per heavy atom. The molecule has 0 spiro atoms. The van der Waals surface area contributed by atoms with E-state index in [2.05, 4.69) is 0 Å². The van der Waals surface area contributed by atoms with Crippen molar-refractivity contribution >= 4 is 5.91 Å². The lowest BCUT2D eigenvalue weighted by Gasteiger charge is -2.44. The first-order valence-electron chi connectivity index (χ1n) is 13.1. The van der Waals surface area contributed by atoms with E-state index < -0.39 is 11.7 Å². The fourth-order valence-corrected chi connectivity index (χ4v) is 5.72. The van der Waals surface area contributed by atoms with Gasteiger partial charge in [0.1, 0.15) is 5.75 Å². The van der Waals surface area contributed by atoms with Crippen molar-refractivity contribution in [1.29, 1.82) is 0 Å². The molecule has 3 aliphatic rings. The Morgan fingerprint density at radius 2 is 2.00 bits per heavy atom. The Morgan fingerprint density at radius 1 is 1.21 bits per heavy atom. The van der Waals surface area contributed by atoms with Crippen molar-refractivity contribution in [2.75, 3.05) is 33.4 Å². The van der Waals surface area contributed by atoms with E-state index in [1.165, 1.54) is 12.8 Å². The molecule has 34 heavy (non-hydrogen) atoms. The van der Waals surface area contributed by atoms with Gasteiger partial charge in [0.05, 0.1) is 18.3 Å². The number of unbranched alkanes of at least 4 members (excludes halogenated alkanes) is 1. The molecule has 1 amide bonds. The zero-order valence-electron chi connectivity index (χ0n) is 20.5. The van der Waals surface area contributed by atoms with Crippen molar-refractivity contribution in [3.8, 4) is 5.75 Å². The summed E-state index contributed by atoms with van der Waals surface area (Å²) in [6.07, 6.45) is 6.78. The molecule has 2 unspecified atom stereocenters. The van der Waals surface area contributed by atoms with Gasteiger partial charge in [0.15, 0.2) is 0 Å². The first-order chi connectivity index (χ1) is 16.4. The average Bonchev–Trinajstić information content (AvgIpc) is 3.63. The molecule has 1 aromatic rings. The smallest absolute Gasteiger partial charge is 0.225 e. The summed E-state index contributed by atoms with van der Waals surface area (Å²) < 4.78 is 11.4. The third kappa shape index (κ3) is 5.93. The number of nitrogens with two attached hydrogens (primary N) is 1. The summed E-state index contributed by atoms with van der Waals surface area (Å²) in [5, 5.41) is 22.3. The molecular weight excluding hydrogens is 432 g/mol. The van der Waals surface area contributed by atoms with Crippen molar-refractivity contribution < 1.29 is 24.5 Å². The zero-order valence-corrected chi connectivity index (χ0v) is 20.5. The minimum atomic E-state index is -1.08. The molecule has 1 saturated heterocycles. The summed E-state index contributed by atoms with van der Waals surface area (Å²) in [6.45, 7) is 2.56. The number of benzene rings is 1. The highest BCUT2D eigenvalue weighted by Gasteiger charge is 2.44. The van der Waals surface area contributed by atoms with E-state index in [1.54, 1.807) is 7.11 Å². The van der Waals surface area contributed by atoms with Crippen LogP contribution in [0.4, 0.5) is 0 Å². The molecule has 0 radical (unpaired) electrons. The Labute approximate surface area is 203 Å². The first kappa shape index (κ1) is 25.4. The Hall–Kier alpha value is -1.67. The second-order valence-corrected chi connectivity index (χ2v) is 10.6. The molecule has 7 nitrogen and oxygen atoms in total. The van der Waals surface area contributed by atoms with Crippen molar-refractivity contribution in [2.45, 2.75) is 75.5 Å².